The normalized spacial score (nSPS) is 21.8. The number of amides is 2. The van der Waals surface area contributed by atoms with Gasteiger partial charge in [-0.25, -0.2) is 9.78 Å². The van der Waals surface area contributed by atoms with Gasteiger partial charge in [-0.2, -0.15) is 0 Å². The van der Waals surface area contributed by atoms with Gasteiger partial charge in [0.1, 0.15) is 23.7 Å². The van der Waals surface area contributed by atoms with Crippen molar-refractivity contribution in [1.82, 2.24) is 15.2 Å². The van der Waals surface area contributed by atoms with E-state index in [1.54, 1.807) is 0 Å². The molecular formula is C17H18N4O7S3. The number of hydrogen-bond acceptors (Lipinski definition) is 10. The van der Waals surface area contributed by atoms with E-state index in [-0.39, 0.29) is 34.5 Å². The number of carboxylic acids is 1. The monoisotopic (exact) mass is 486 g/mol. The predicted octanol–water partition coefficient (Wildman–Crippen LogP) is -0.254. The van der Waals surface area contributed by atoms with Gasteiger partial charge in [0.2, 0.25) is 0 Å². The van der Waals surface area contributed by atoms with Crippen molar-refractivity contribution < 1.29 is 33.2 Å². The van der Waals surface area contributed by atoms with E-state index in [1.165, 1.54) is 35.7 Å². The smallest absolute Gasteiger partial charge is 0.352 e. The fourth-order valence-electron chi connectivity index (χ4n) is 3.01. The molecule has 4 N–H and O–H groups in total. The van der Waals surface area contributed by atoms with Crippen LogP contribution in [0.2, 0.25) is 0 Å². The number of fused-ring (bicyclic) bond motifs is 1. The maximum absolute atomic E-state index is 12.8. The lowest BCUT2D eigenvalue weighted by Crippen LogP contribution is -2.70. The van der Waals surface area contributed by atoms with Crippen LogP contribution in [-0.2, 0) is 34.7 Å². The lowest BCUT2D eigenvalue weighted by Gasteiger charge is -2.49. The summed E-state index contributed by atoms with van der Waals surface area (Å²) in [5, 5.41) is 14.5. The summed E-state index contributed by atoms with van der Waals surface area (Å²) in [5.41, 5.74) is 5.89. The Balaban J connectivity index is 1.80. The van der Waals surface area contributed by atoms with Crippen LogP contribution < -0.4 is 11.1 Å². The van der Waals surface area contributed by atoms with Crippen LogP contribution in [0.1, 0.15) is 12.6 Å². The fourth-order valence-corrected chi connectivity index (χ4v) is 5.46. The number of carbonyl (C=O) groups excluding carboxylic acids is 3. The van der Waals surface area contributed by atoms with Crippen LogP contribution in [-0.4, -0.2) is 73.0 Å². The number of hydrogen-bond donors (Lipinski definition) is 3. The lowest BCUT2D eigenvalue weighted by atomic mass is 10.0. The molecule has 2 aliphatic heterocycles. The molecule has 0 radical (unpaired) electrons. The molecule has 3 heterocycles. The van der Waals surface area contributed by atoms with E-state index >= 15 is 0 Å². The average Bonchev–Trinajstić information content (AvgIpc) is 3.13. The molecule has 1 aromatic rings. The highest BCUT2D eigenvalue weighted by Gasteiger charge is 2.54. The summed E-state index contributed by atoms with van der Waals surface area (Å²) in [7, 11) is -1.47. The van der Waals surface area contributed by atoms with Crippen molar-refractivity contribution in [3.8, 4) is 0 Å². The van der Waals surface area contributed by atoms with Gasteiger partial charge in [-0.1, -0.05) is 0 Å². The minimum atomic E-state index is -1.47. The van der Waals surface area contributed by atoms with Crippen LogP contribution in [0.25, 0.3) is 5.57 Å². The zero-order valence-corrected chi connectivity index (χ0v) is 18.8. The summed E-state index contributed by atoms with van der Waals surface area (Å²) in [5.74, 6) is -2.98. The summed E-state index contributed by atoms with van der Waals surface area (Å²) in [6, 6.07) is -0.980. The average molecular weight is 487 g/mol. The molecule has 2 unspecified atom stereocenters. The third-order valence-electron chi connectivity index (χ3n) is 4.31. The molecule has 0 bridgehead atoms. The first-order valence-electron chi connectivity index (χ1n) is 8.69. The molecular weight excluding hydrogens is 468 g/mol. The largest absolute Gasteiger partial charge is 0.477 e. The number of carbonyl (C=O) groups is 4. The van der Waals surface area contributed by atoms with Crippen LogP contribution in [0.5, 0.6) is 0 Å². The number of esters is 1. The number of thiazole rings is 1. The highest BCUT2D eigenvalue weighted by atomic mass is 32.2. The maximum atomic E-state index is 12.8. The van der Waals surface area contributed by atoms with Gasteiger partial charge < -0.3 is 20.9 Å². The van der Waals surface area contributed by atoms with Crippen molar-refractivity contribution in [1.29, 1.82) is 0 Å². The number of nitrogens with zero attached hydrogens (tertiary/aromatic N) is 2. The van der Waals surface area contributed by atoms with Crippen LogP contribution in [0.15, 0.2) is 22.1 Å². The quantitative estimate of drug-likeness (QED) is 0.265. The third-order valence-corrected chi connectivity index (χ3v) is 6.89. The maximum Gasteiger partial charge on any atom is 0.352 e. The standard InChI is InChI=1S/C17H18N4O7S3/c1-7(22)28-3-8-4-29-15-11(14(24)21(15)12(8)16(25)26)20-13(23)9(6-31(2)27)10-5-30-17(18)19-10/h5-6,11,15H,3-4H2,1-2H3,(H2,18,19)(H,20,23)(H,25,26)/b9-6+/t11?,15-,31?/m1/s1. The molecule has 0 aromatic carbocycles. The summed E-state index contributed by atoms with van der Waals surface area (Å²) < 4.78 is 16.6. The van der Waals surface area contributed by atoms with E-state index < -0.39 is 46.0 Å². The number of nitrogen functional groups attached to an aromatic ring is 1. The molecule has 11 nitrogen and oxygen atoms in total. The molecule has 3 rings (SSSR count). The Labute approximate surface area is 187 Å². The van der Waals surface area contributed by atoms with Gasteiger partial charge in [-0.05, 0) is 0 Å². The Morgan fingerprint density at radius 2 is 2.19 bits per heavy atom. The number of thioether (sulfide) groups is 1. The van der Waals surface area contributed by atoms with Gasteiger partial charge in [0.15, 0.2) is 5.13 Å². The van der Waals surface area contributed by atoms with Crippen LogP contribution in [0, 0.1) is 0 Å². The number of ether oxygens (including phenoxy) is 1. The minimum Gasteiger partial charge on any atom is -0.477 e. The van der Waals surface area contributed by atoms with Crippen molar-refractivity contribution in [3.63, 3.8) is 0 Å². The van der Waals surface area contributed by atoms with Crippen molar-refractivity contribution in [3.05, 3.63) is 27.8 Å². The molecule has 166 valence electrons. The van der Waals surface area contributed by atoms with Gasteiger partial charge >= 0.3 is 11.9 Å². The molecule has 2 amide bonds. The SMILES string of the molecule is CC(=O)OCC1=C(C(=O)O)N2C(=O)C(NC(=O)/C(=C/S(C)=O)c3csc(N)n3)[C@H]2SC1. The zero-order valence-electron chi connectivity index (χ0n) is 16.3. The van der Waals surface area contributed by atoms with Crippen molar-refractivity contribution in [2.24, 2.45) is 0 Å². The van der Waals surface area contributed by atoms with Crippen molar-refractivity contribution in [2.45, 2.75) is 18.3 Å². The number of nitrogens with one attached hydrogen (secondary N) is 1. The van der Waals surface area contributed by atoms with E-state index in [0.717, 1.165) is 16.2 Å². The summed E-state index contributed by atoms with van der Waals surface area (Å²) in [4.78, 5) is 53.4. The van der Waals surface area contributed by atoms with Gasteiger partial charge in [-0.3, -0.25) is 23.5 Å². The van der Waals surface area contributed by atoms with E-state index in [4.69, 9.17) is 10.5 Å². The lowest BCUT2D eigenvalue weighted by molar-refractivity contribution is -0.150. The second-order valence-corrected chi connectivity index (χ2v) is 9.73. The molecule has 2 aliphatic rings. The third kappa shape index (κ3) is 4.80. The van der Waals surface area contributed by atoms with Gasteiger partial charge in [0.25, 0.3) is 11.8 Å². The fraction of sp³-hybridized carbons (Fsp3) is 0.353. The van der Waals surface area contributed by atoms with Gasteiger partial charge in [-0.15, -0.1) is 23.1 Å². The highest BCUT2D eigenvalue weighted by molar-refractivity contribution is 8.00. The number of aromatic nitrogens is 1. The molecule has 14 heteroatoms. The Bertz CT molecular complexity index is 1050. The molecule has 31 heavy (non-hydrogen) atoms. The second-order valence-electron chi connectivity index (χ2n) is 6.50. The zero-order chi connectivity index (χ0) is 22.9. The number of aliphatic carboxylic acids is 1. The predicted molar refractivity (Wildman–Crippen MR) is 115 cm³/mol. The Morgan fingerprint density at radius 3 is 2.74 bits per heavy atom. The van der Waals surface area contributed by atoms with Crippen molar-refractivity contribution >= 4 is 68.4 Å². The van der Waals surface area contributed by atoms with Crippen LogP contribution in [0.4, 0.5) is 5.13 Å². The molecule has 1 fully saturated rings. The first-order valence-corrected chi connectivity index (χ1v) is 12.2. The van der Waals surface area contributed by atoms with Crippen LogP contribution >= 0.6 is 23.1 Å². The molecule has 3 atom stereocenters. The first kappa shape index (κ1) is 23.0. The molecule has 0 saturated carbocycles. The van der Waals surface area contributed by atoms with E-state index in [1.807, 2.05) is 0 Å². The van der Waals surface area contributed by atoms with Crippen LogP contribution in [0.3, 0.4) is 0 Å². The first-order chi connectivity index (χ1) is 14.6. The van der Waals surface area contributed by atoms with E-state index in [9.17, 15) is 28.5 Å². The topological polar surface area (TPSA) is 169 Å². The number of rotatable bonds is 7. The van der Waals surface area contributed by atoms with Gasteiger partial charge in [0.05, 0.1) is 11.3 Å². The highest BCUT2D eigenvalue weighted by Crippen LogP contribution is 2.40. The van der Waals surface area contributed by atoms with Crippen molar-refractivity contribution in [2.75, 3.05) is 24.3 Å². The Morgan fingerprint density at radius 1 is 1.48 bits per heavy atom. The van der Waals surface area contributed by atoms with Gasteiger partial charge in [0, 0.05) is 46.1 Å². The Hall–Kier alpha value is -2.71. The molecule has 1 aromatic heterocycles. The summed E-state index contributed by atoms with van der Waals surface area (Å²) >= 11 is 2.34. The second kappa shape index (κ2) is 9.20. The molecule has 1 saturated heterocycles. The van der Waals surface area contributed by atoms with E-state index in [2.05, 4.69) is 10.3 Å². The Kier molecular flexibility index (Phi) is 6.81. The number of anilines is 1. The molecule has 0 spiro atoms. The summed E-state index contributed by atoms with van der Waals surface area (Å²) in [6.07, 6.45) is 1.38. The number of β-lactam (4-membered cyclic amide) rings is 1. The minimum absolute atomic E-state index is 0.00499. The number of carboxylic acid groups (broad SMARTS) is 1. The number of nitrogens with two attached hydrogens (primary N) is 1. The summed E-state index contributed by atoms with van der Waals surface area (Å²) in [6.45, 7) is 0.961. The molecule has 0 aliphatic carbocycles. The van der Waals surface area contributed by atoms with E-state index in [0.29, 0.717) is 5.57 Å².